The fourth-order valence-electron chi connectivity index (χ4n) is 2.88. The topological polar surface area (TPSA) is 75.6 Å². The van der Waals surface area contributed by atoms with E-state index >= 15 is 0 Å². The predicted molar refractivity (Wildman–Crippen MR) is 124 cm³/mol. The van der Waals surface area contributed by atoms with E-state index in [0.29, 0.717) is 22.4 Å². The van der Waals surface area contributed by atoms with Crippen molar-refractivity contribution in [1.82, 2.24) is 19.9 Å². The molecule has 6 nitrogen and oxygen atoms in total. The van der Waals surface area contributed by atoms with Crippen molar-refractivity contribution in [2.24, 2.45) is 0 Å². The summed E-state index contributed by atoms with van der Waals surface area (Å²) in [6.45, 7) is 4.26. The summed E-state index contributed by atoms with van der Waals surface area (Å²) < 4.78 is 14.0. The SMILES string of the molecule is CC(C)Nc1ncc(-c2cc(-c3ccccc3Cl)nc(NCc3ncccc3F)n2)s1. The number of aromatic nitrogens is 4. The van der Waals surface area contributed by atoms with E-state index < -0.39 is 0 Å². The van der Waals surface area contributed by atoms with Crippen LogP contribution in [0.2, 0.25) is 5.02 Å². The average molecular weight is 455 g/mol. The molecule has 31 heavy (non-hydrogen) atoms. The first-order chi connectivity index (χ1) is 15.0. The number of pyridine rings is 1. The van der Waals surface area contributed by atoms with Crippen LogP contribution in [0.25, 0.3) is 21.8 Å². The maximum atomic E-state index is 14.0. The van der Waals surface area contributed by atoms with Gasteiger partial charge in [-0.05, 0) is 38.1 Å². The minimum atomic E-state index is -0.385. The standard InChI is InChI=1S/C22H20ClFN6S/c1-13(2)28-22-27-12-20(31-22)18-10-17(14-6-3-4-7-15(14)23)29-21(30-18)26-11-19-16(24)8-5-9-25-19/h3-10,12-13H,11H2,1-2H3,(H,27,28)(H,26,29,30). The molecule has 0 aliphatic heterocycles. The molecule has 0 saturated carbocycles. The Bertz CT molecular complexity index is 1200. The van der Waals surface area contributed by atoms with Crippen LogP contribution in [0.1, 0.15) is 19.5 Å². The maximum Gasteiger partial charge on any atom is 0.224 e. The van der Waals surface area contributed by atoms with Crippen molar-refractivity contribution in [3.63, 3.8) is 0 Å². The van der Waals surface area contributed by atoms with E-state index in [1.165, 1.54) is 17.4 Å². The largest absolute Gasteiger partial charge is 0.359 e. The third-order valence-electron chi connectivity index (χ3n) is 4.29. The van der Waals surface area contributed by atoms with Gasteiger partial charge in [0, 0.05) is 29.0 Å². The number of benzene rings is 1. The highest BCUT2D eigenvalue weighted by molar-refractivity contribution is 7.18. The fraction of sp³-hybridized carbons (Fsp3) is 0.182. The van der Waals surface area contributed by atoms with E-state index in [4.69, 9.17) is 11.6 Å². The molecule has 4 aromatic rings. The number of nitrogens with one attached hydrogen (secondary N) is 2. The molecule has 0 fully saturated rings. The van der Waals surface area contributed by atoms with Crippen LogP contribution in [0.3, 0.4) is 0 Å². The zero-order valence-corrected chi connectivity index (χ0v) is 18.5. The van der Waals surface area contributed by atoms with Gasteiger partial charge >= 0.3 is 0 Å². The van der Waals surface area contributed by atoms with Gasteiger partial charge in [-0.2, -0.15) is 0 Å². The van der Waals surface area contributed by atoms with Gasteiger partial charge in [-0.15, -0.1) is 0 Å². The number of hydrogen-bond donors (Lipinski definition) is 2. The molecule has 4 rings (SSSR count). The van der Waals surface area contributed by atoms with Gasteiger partial charge < -0.3 is 10.6 Å². The Balaban J connectivity index is 1.71. The second-order valence-electron chi connectivity index (χ2n) is 7.06. The van der Waals surface area contributed by atoms with Crippen molar-refractivity contribution in [2.75, 3.05) is 10.6 Å². The second kappa shape index (κ2) is 9.36. The Morgan fingerprint density at radius 1 is 1.06 bits per heavy atom. The van der Waals surface area contributed by atoms with E-state index in [9.17, 15) is 4.39 Å². The van der Waals surface area contributed by atoms with Gasteiger partial charge in [0.2, 0.25) is 5.95 Å². The van der Waals surface area contributed by atoms with Crippen molar-refractivity contribution >= 4 is 34.0 Å². The van der Waals surface area contributed by atoms with Crippen LogP contribution < -0.4 is 10.6 Å². The molecule has 9 heteroatoms. The summed E-state index contributed by atoms with van der Waals surface area (Å²) in [5.41, 5.74) is 2.43. The molecule has 0 spiro atoms. The highest BCUT2D eigenvalue weighted by Gasteiger charge is 2.14. The quantitative estimate of drug-likeness (QED) is 0.363. The minimum absolute atomic E-state index is 0.154. The van der Waals surface area contributed by atoms with E-state index in [0.717, 1.165) is 15.6 Å². The third-order valence-corrected chi connectivity index (χ3v) is 5.58. The Morgan fingerprint density at radius 2 is 1.87 bits per heavy atom. The molecule has 1 aromatic carbocycles. The summed E-state index contributed by atoms with van der Waals surface area (Å²) >= 11 is 7.91. The Kier molecular flexibility index (Phi) is 6.39. The number of hydrogen-bond acceptors (Lipinski definition) is 7. The molecule has 0 radical (unpaired) electrons. The fourth-order valence-corrected chi connectivity index (χ4v) is 4.03. The molecule has 2 N–H and O–H groups in total. The minimum Gasteiger partial charge on any atom is -0.359 e. The van der Waals surface area contributed by atoms with Crippen molar-refractivity contribution in [2.45, 2.75) is 26.4 Å². The Labute approximate surface area is 188 Å². The van der Waals surface area contributed by atoms with E-state index in [1.807, 2.05) is 30.3 Å². The summed E-state index contributed by atoms with van der Waals surface area (Å²) in [7, 11) is 0. The molecule has 0 saturated heterocycles. The molecular weight excluding hydrogens is 435 g/mol. The number of thiazole rings is 1. The average Bonchev–Trinajstić information content (AvgIpc) is 3.21. The zero-order valence-electron chi connectivity index (χ0n) is 16.9. The highest BCUT2D eigenvalue weighted by Crippen LogP contribution is 2.33. The first-order valence-electron chi connectivity index (χ1n) is 9.69. The van der Waals surface area contributed by atoms with Crippen molar-refractivity contribution in [3.05, 3.63) is 71.4 Å². The highest BCUT2D eigenvalue weighted by atomic mass is 35.5. The zero-order chi connectivity index (χ0) is 21.8. The first-order valence-corrected chi connectivity index (χ1v) is 10.9. The Hall–Kier alpha value is -3.10. The van der Waals surface area contributed by atoms with Gasteiger partial charge in [0.25, 0.3) is 0 Å². The molecule has 3 heterocycles. The van der Waals surface area contributed by atoms with Crippen molar-refractivity contribution < 1.29 is 4.39 Å². The number of anilines is 2. The van der Waals surface area contributed by atoms with Gasteiger partial charge in [-0.3, -0.25) is 4.98 Å². The van der Waals surface area contributed by atoms with Gasteiger partial charge in [-0.25, -0.2) is 19.3 Å². The number of halogens is 2. The van der Waals surface area contributed by atoms with Crippen LogP contribution in [0.5, 0.6) is 0 Å². The predicted octanol–water partition coefficient (Wildman–Crippen LogP) is 5.89. The smallest absolute Gasteiger partial charge is 0.224 e. The molecule has 0 unspecified atom stereocenters. The van der Waals surface area contributed by atoms with Crippen LogP contribution in [0.15, 0.2) is 54.9 Å². The molecule has 0 atom stereocenters. The van der Waals surface area contributed by atoms with Crippen LogP contribution in [-0.4, -0.2) is 26.0 Å². The molecule has 0 amide bonds. The lowest BCUT2D eigenvalue weighted by molar-refractivity contribution is 0.602. The molecule has 0 aliphatic carbocycles. The van der Waals surface area contributed by atoms with Gasteiger partial charge in [0.15, 0.2) is 5.13 Å². The molecule has 0 bridgehead atoms. The van der Waals surface area contributed by atoms with Crippen LogP contribution in [-0.2, 0) is 6.54 Å². The lowest BCUT2D eigenvalue weighted by Gasteiger charge is -2.10. The molecular formula is C22H20ClFN6S. The van der Waals surface area contributed by atoms with Crippen molar-refractivity contribution in [1.29, 1.82) is 0 Å². The lowest BCUT2D eigenvalue weighted by atomic mass is 10.1. The van der Waals surface area contributed by atoms with Crippen LogP contribution in [0, 0.1) is 5.82 Å². The first kappa shape index (κ1) is 21.1. The van der Waals surface area contributed by atoms with Gasteiger partial charge in [0.1, 0.15) is 5.82 Å². The van der Waals surface area contributed by atoms with Crippen LogP contribution in [0.4, 0.5) is 15.5 Å². The lowest BCUT2D eigenvalue weighted by Crippen LogP contribution is -2.08. The number of nitrogens with zero attached hydrogens (tertiary/aromatic N) is 4. The van der Waals surface area contributed by atoms with Crippen molar-refractivity contribution in [3.8, 4) is 21.8 Å². The normalized spacial score (nSPS) is 11.0. The summed E-state index contributed by atoms with van der Waals surface area (Å²) in [5.74, 6) is -0.0337. The van der Waals surface area contributed by atoms with E-state index in [2.05, 4.69) is 44.4 Å². The van der Waals surface area contributed by atoms with Gasteiger partial charge in [-0.1, -0.05) is 41.1 Å². The summed E-state index contributed by atoms with van der Waals surface area (Å²) in [6, 6.07) is 12.5. The third kappa shape index (κ3) is 5.15. The summed E-state index contributed by atoms with van der Waals surface area (Å²) in [4.78, 5) is 18.6. The monoisotopic (exact) mass is 454 g/mol. The summed E-state index contributed by atoms with van der Waals surface area (Å²) in [5, 5.41) is 7.77. The van der Waals surface area contributed by atoms with Gasteiger partial charge in [0.05, 0.1) is 28.5 Å². The summed E-state index contributed by atoms with van der Waals surface area (Å²) in [6.07, 6.45) is 3.32. The Morgan fingerprint density at radius 3 is 2.65 bits per heavy atom. The molecule has 0 aliphatic rings. The van der Waals surface area contributed by atoms with E-state index in [-0.39, 0.29) is 24.1 Å². The van der Waals surface area contributed by atoms with E-state index in [1.54, 1.807) is 18.5 Å². The second-order valence-corrected chi connectivity index (χ2v) is 8.49. The maximum absolute atomic E-state index is 14.0. The number of rotatable bonds is 7. The molecule has 3 aromatic heterocycles. The van der Waals surface area contributed by atoms with Crippen LogP contribution >= 0.6 is 22.9 Å². The molecule has 158 valence electrons.